The lowest BCUT2D eigenvalue weighted by molar-refractivity contribution is 0.646. The van der Waals surface area contributed by atoms with Crippen LogP contribution in [0.1, 0.15) is 24.6 Å². The quantitative estimate of drug-likeness (QED) is 0.667. The van der Waals surface area contributed by atoms with Gasteiger partial charge in [0.1, 0.15) is 0 Å². The van der Waals surface area contributed by atoms with Crippen LogP contribution in [0.15, 0.2) is 42.5 Å². The standard InChI is InChI=1S/C17H23ClN2S/c1-2-3-12-20(15-7-5-4-6-8-15)13-11-19-14-16-9-10-17(18)21-16/h4-10,19H,2-3,11-14H2,1H3. The summed E-state index contributed by atoms with van der Waals surface area (Å²) >= 11 is 7.59. The van der Waals surface area contributed by atoms with Gasteiger partial charge < -0.3 is 10.2 Å². The number of nitrogens with one attached hydrogen (secondary N) is 1. The number of rotatable bonds is 9. The molecule has 4 heteroatoms. The summed E-state index contributed by atoms with van der Waals surface area (Å²) in [5.74, 6) is 0. The molecule has 2 aromatic rings. The molecule has 0 saturated heterocycles. The van der Waals surface area contributed by atoms with E-state index in [-0.39, 0.29) is 0 Å². The Bertz CT molecular complexity index is 513. The number of nitrogens with zero attached hydrogens (tertiary/aromatic N) is 1. The smallest absolute Gasteiger partial charge is 0.0931 e. The van der Waals surface area contributed by atoms with E-state index in [1.807, 2.05) is 6.07 Å². The molecule has 2 rings (SSSR count). The van der Waals surface area contributed by atoms with E-state index in [9.17, 15) is 0 Å². The second-order valence-electron chi connectivity index (χ2n) is 5.06. The van der Waals surface area contributed by atoms with Gasteiger partial charge in [0.2, 0.25) is 0 Å². The van der Waals surface area contributed by atoms with E-state index in [1.165, 1.54) is 23.4 Å². The largest absolute Gasteiger partial charge is 0.370 e. The maximum atomic E-state index is 5.94. The summed E-state index contributed by atoms with van der Waals surface area (Å²) in [7, 11) is 0. The molecule has 0 unspecified atom stereocenters. The number of hydrogen-bond donors (Lipinski definition) is 1. The fraction of sp³-hybridized carbons (Fsp3) is 0.412. The molecule has 2 nitrogen and oxygen atoms in total. The van der Waals surface area contributed by atoms with E-state index in [2.05, 4.69) is 53.5 Å². The summed E-state index contributed by atoms with van der Waals surface area (Å²) < 4.78 is 0.862. The van der Waals surface area contributed by atoms with E-state index in [4.69, 9.17) is 11.6 Å². The zero-order valence-corrected chi connectivity index (χ0v) is 14.1. The molecule has 1 aromatic heterocycles. The topological polar surface area (TPSA) is 15.3 Å². The Morgan fingerprint density at radius 3 is 2.57 bits per heavy atom. The molecule has 0 aliphatic carbocycles. The van der Waals surface area contributed by atoms with Crippen molar-refractivity contribution < 1.29 is 0 Å². The first kappa shape index (κ1) is 16.3. The van der Waals surface area contributed by atoms with Gasteiger partial charge in [-0.05, 0) is 30.7 Å². The molecule has 21 heavy (non-hydrogen) atoms. The highest BCUT2D eigenvalue weighted by Crippen LogP contribution is 2.21. The SMILES string of the molecule is CCCCN(CCNCc1ccc(Cl)s1)c1ccccc1. The molecular formula is C17H23ClN2S. The Labute approximate surface area is 136 Å². The summed E-state index contributed by atoms with van der Waals surface area (Å²) in [6, 6.07) is 14.7. The van der Waals surface area contributed by atoms with Crippen molar-refractivity contribution in [1.82, 2.24) is 5.32 Å². The fourth-order valence-electron chi connectivity index (χ4n) is 2.23. The van der Waals surface area contributed by atoms with Crippen LogP contribution in [0.2, 0.25) is 4.34 Å². The minimum Gasteiger partial charge on any atom is -0.370 e. The van der Waals surface area contributed by atoms with Crippen LogP contribution in [0, 0.1) is 0 Å². The molecule has 1 heterocycles. The molecule has 0 fully saturated rings. The first-order valence-corrected chi connectivity index (χ1v) is 8.74. The van der Waals surface area contributed by atoms with Crippen molar-refractivity contribution in [3.8, 4) is 0 Å². The third kappa shape index (κ3) is 5.70. The molecule has 0 saturated carbocycles. The summed E-state index contributed by atoms with van der Waals surface area (Å²) in [5, 5.41) is 3.50. The van der Waals surface area contributed by atoms with Crippen molar-refractivity contribution in [1.29, 1.82) is 0 Å². The molecule has 0 atom stereocenters. The molecule has 0 aliphatic heterocycles. The maximum Gasteiger partial charge on any atom is 0.0931 e. The molecule has 0 radical (unpaired) electrons. The molecule has 0 aliphatic rings. The lowest BCUT2D eigenvalue weighted by Gasteiger charge is -2.25. The van der Waals surface area contributed by atoms with Crippen LogP contribution in [0.25, 0.3) is 0 Å². The van der Waals surface area contributed by atoms with Crippen LogP contribution < -0.4 is 10.2 Å². The maximum absolute atomic E-state index is 5.94. The van der Waals surface area contributed by atoms with Crippen LogP contribution >= 0.6 is 22.9 Å². The summed E-state index contributed by atoms with van der Waals surface area (Å²) in [4.78, 5) is 3.75. The molecule has 1 N–H and O–H groups in total. The normalized spacial score (nSPS) is 10.8. The average Bonchev–Trinajstić information content (AvgIpc) is 2.93. The van der Waals surface area contributed by atoms with Gasteiger partial charge in [0, 0.05) is 36.7 Å². The van der Waals surface area contributed by atoms with Crippen molar-refractivity contribution in [2.24, 2.45) is 0 Å². The van der Waals surface area contributed by atoms with Gasteiger partial charge in [-0.1, -0.05) is 43.1 Å². The zero-order chi connectivity index (χ0) is 14.9. The van der Waals surface area contributed by atoms with Crippen molar-refractivity contribution in [3.05, 3.63) is 51.7 Å². The molecular weight excluding hydrogens is 300 g/mol. The van der Waals surface area contributed by atoms with E-state index in [0.717, 1.165) is 30.5 Å². The Balaban J connectivity index is 1.79. The second-order valence-corrected chi connectivity index (χ2v) is 6.86. The molecule has 0 spiro atoms. The van der Waals surface area contributed by atoms with Gasteiger partial charge in [-0.2, -0.15) is 0 Å². The third-order valence-electron chi connectivity index (χ3n) is 3.39. The molecule has 1 aromatic carbocycles. The highest BCUT2D eigenvalue weighted by atomic mass is 35.5. The number of benzene rings is 1. The van der Waals surface area contributed by atoms with Gasteiger partial charge in [0.25, 0.3) is 0 Å². The number of hydrogen-bond acceptors (Lipinski definition) is 3. The minimum atomic E-state index is 0.862. The Kier molecular flexibility index (Phi) is 7.07. The summed E-state index contributed by atoms with van der Waals surface area (Å²) in [6.07, 6.45) is 2.46. The summed E-state index contributed by atoms with van der Waals surface area (Å²) in [5.41, 5.74) is 1.31. The van der Waals surface area contributed by atoms with Crippen LogP contribution in [-0.4, -0.2) is 19.6 Å². The number of unbranched alkanes of at least 4 members (excludes halogenated alkanes) is 1. The van der Waals surface area contributed by atoms with Crippen molar-refractivity contribution >= 4 is 28.6 Å². The number of anilines is 1. The fourth-order valence-corrected chi connectivity index (χ4v) is 3.29. The predicted octanol–water partition coefficient (Wildman–Crippen LogP) is 4.80. The highest BCUT2D eigenvalue weighted by molar-refractivity contribution is 7.16. The highest BCUT2D eigenvalue weighted by Gasteiger charge is 2.05. The van der Waals surface area contributed by atoms with E-state index < -0.39 is 0 Å². The van der Waals surface area contributed by atoms with Gasteiger partial charge in [0.15, 0.2) is 0 Å². The molecule has 114 valence electrons. The minimum absolute atomic E-state index is 0.862. The lowest BCUT2D eigenvalue weighted by Crippen LogP contribution is -2.32. The van der Waals surface area contributed by atoms with Gasteiger partial charge in [0.05, 0.1) is 4.34 Å². The Hall–Kier alpha value is -1.03. The molecule has 0 bridgehead atoms. The molecule has 0 amide bonds. The number of thiophene rings is 1. The van der Waals surface area contributed by atoms with E-state index in [0.29, 0.717) is 0 Å². The monoisotopic (exact) mass is 322 g/mol. The van der Waals surface area contributed by atoms with Crippen LogP contribution in [-0.2, 0) is 6.54 Å². The average molecular weight is 323 g/mol. The van der Waals surface area contributed by atoms with Crippen LogP contribution in [0.3, 0.4) is 0 Å². The first-order valence-electron chi connectivity index (χ1n) is 7.54. The van der Waals surface area contributed by atoms with Crippen molar-refractivity contribution in [3.63, 3.8) is 0 Å². The third-order valence-corrected chi connectivity index (χ3v) is 4.62. The zero-order valence-electron chi connectivity index (χ0n) is 12.5. The van der Waals surface area contributed by atoms with Gasteiger partial charge >= 0.3 is 0 Å². The van der Waals surface area contributed by atoms with Crippen LogP contribution in [0.5, 0.6) is 0 Å². The summed E-state index contributed by atoms with van der Waals surface area (Å²) in [6.45, 7) is 6.26. The number of para-hydroxylation sites is 1. The number of halogens is 1. The van der Waals surface area contributed by atoms with Gasteiger partial charge in [-0.25, -0.2) is 0 Å². The van der Waals surface area contributed by atoms with E-state index >= 15 is 0 Å². The lowest BCUT2D eigenvalue weighted by atomic mass is 10.2. The second kappa shape index (κ2) is 9.08. The Morgan fingerprint density at radius 2 is 1.90 bits per heavy atom. The Morgan fingerprint density at radius 1 is 1.10 bits per heavy atom. The van der Waals surface area contributed by atoms with Gasteiger partial charge in [-0.3, -0.25) is 0 Å². The van der Waals surface area contributed by atoms with Gasteiger partial charge in [-0.15, -0.1) is 11.3 Å². The first-order chi connectivity index (χ1) is 10.3. The van der Waals surface area contributed by atoms with Crippen LogP contribution in [0.4, 0.5) is 5.69 Å². The van der Waals surface area contributed by atoms with Crippen molar-refractivity contribution in [2.75, 3.05) is 24.5 Å². The predicted molar refractivity (Wildman–Crippen MR) is 94.6 cm³/mol. The van der Waals surface area contributed by atoms with Crippen molar-refractivity contribution in [2.45, 2.75) is 26.3 Å². The van der Waals surface area contributed by atoms with E-state index in [1.54, 1.807) is 11.3 Å².